The van der Waals surface area contributed by atoms with Crippen LogP contribution in [0.5, 0.6) is 5.75 Å². The van der Waals surface area contributed by atoms with Crippen LogP contribution in [0.3, 0.4) is 0 Å². The van der Waals surface area contributed by atoms with E-state index in [0.717, 1.165) is 17.0 Å². The number of methoxy groups -OCH3 is 1. The van der Waals surface area contributed by atoms with Crippen molar-refractivity contribution < 1.29 is 9.53 Å². The second kappa shape index (κ2) is 4.13. The average molecular weight is 193 g/mol. The summed E-state index contributed by atoms with van der Waals surface area (Å²) in [7, 11) is 3.35. The Labute approximate surface area is 84.3 Å². The van der Waals surface area contributed by atoms with E-state index in [1.54, 1.807) is 19.1 Å². The molecule has 0 saturated carbocycles. The van der Waals surface area contributed by atoms with Crippen molar-refractivity contribution in [3.8, 4) is 5.75 Å². The lowest BCUT2D eigenvalue weighted by atomic mass is 10.1. The fourth-order valence-electron chi connectivity index (χ4n) is 1.38. The van der Waals surface area contributed by atoms with Gasteiger partial charge in [-0.05, 0) is 18.6 Å². The first kappa shape index (κ1) is 10.6. The number of carbonyl (C=O) groups excluding carboxylic acids is 1. The maximum atomic E-state index is 11.2. The molecule has 1 aromatic carbocycles. The first-order valence-corrected chi connectivity index (χ1v) is 4.45. The van der Waals surface area contributed by atoms with Gasteiger partial charge in [0.1, 0.15) is 5.75 Å². The minimum absolute atomic E-state index is 0.00222. The second-order valence-electron chi connectivity index (χ2n) is 3.20. The first-order chi connectivity index (χ1) is 6.57. The van der Waals surface area contributed by atoms with Crippen LogP contribution in [0.2, 0.25) is 0 Å². The zero-order valence-electron chi connectivity index (χ0n) is 9.00. The third kappa shape index (κ3) is 1.87. The Morgan fingerprint density at radius 1 is 1.43 bits per heavy atom. The van der Waals surface area contributed by atoms with Crippen LogP contribution in [0.1, 0.15) is 12.5 Å². The summed E-state index contributed by atoms with van der Waals surface area (Å²) in [4.78, 5) is 12.8. The number of ether oxygens (including phenoxy) is 1. The van der Waals surface area contributed by atoms with Crippen molar-refractivity contribution in [2.24, 2.45) is 0 Å². The molecule has 14 heavy (non-hydrogen) atoms. The molecule has 0 aromatic heterocycles. The van der Waals surface area contributed by atoms with Crippen LogP contribution in [-0.4, -0.2) is 20.1 Å². The zero-order valence-corrected chi connectivity index (χ0v) is 9.00. The molecular weight excluding hydrogens is 178 g/mol. The summed E-state index contributed by atoms with van der Waals surface area (Å²) in [6.45, 7) is 3.49. The summed E-state index contributed by atoms with van der Waals surface area (Å²) in [5.41, 5.74) is 1.87. The number of aryl methyl sites for hydroxylation is 1. The smallest absolute Gasteiger partial charge is 0.223 e. The highest BCUT2D eigenvalue weighted by Gasteiger charge is 2.13. The molecular formula is C11H15NO2. The summed E-state index contributed by atoms with van der Waals surface area (Å²) in [5.74, 6) is 0.723. The Balaban J connectivity index is 3.23. The van der Waals surface area contributed by atoms with Crippen molar-refractivity contribution in [1.29, 1.82) is 0 Å². The van der Waals surface area contributed by atoms with Crippen LogP contribution in [0.15, 0.2) is 18.2 Å². The number of benzene rings is 1. The van der Waals surface area contributed by atoms with Gasteiger partial charge in [0.2, 0.25) is 5.91 Å². The molecule has 0 heterocycles. The minimum atomic E-state index is -0.00222. The van der Waals surface area contributed by atoms with Gasteiger partial charge >= 0.3 is 0 Å². The van der Waals surface area contributed by atoms with Crippen molar-refractivity contribution in [2.45, 2.75) is 13.8 Å². The van der Waals surface area contributed by atoms with Gasteiger partial charge in [-0.15, -0.1) is 0 Å². The van der Waals surface area contributed by atoms with E-state index < -0.39 is 0 Å². The van der Waals surface area contributed by atoms with Gasteiger partial charge in [0.15, 0.2) is 0 Å². The SMILES string of the molecule is COc1cccc(C)c1N(C)C(C)=O. The Hall–Kier alpha value is -1.51. The van der Waals surface area contributed by atoms with E-state index >= 15 is 0 Å². The monoisotopic (exact) mass is 193 g/mol. The van der Waals surface area contributed by atoms with Gasteiger partial charge in [-0.25, -0.2) is 0 Å². The molecule has 0 saturated heterocycles. The van der Waals surface area contributed by atoms with E-state index in [4.69, 9.17) is 4.74 Å². The molecule has 0 aliphatic heterocycles. The normalized spacial score (nSPS) is 9.71. The maximum Gasteiger partial charge on any atom is 0.223 e. The van der Waals surface area contributed by atoms with Crippen LogP contribution in [0, 0.1) is 6.92 Å². The Bertz CT molecular complexity index is 347. The fraction of sp³-hybridized carbons (Fsp3) is 0.364. The van der Waals surface area contributed by atoms with Crippen LogP contribution in [0.25, 0.3) is 0 Å². The maximum absolute atomic E-state index is 11.2. The molecule has 0 aliphatic rings. The van der Waals surface area contributed by atoms with E-state index in [2.05, 4.69) is 0 Å². The largest absolute Gasteiger partial charge is 0.495 e. The lowest BCUT2D eigenvalue weighted by Gasteiger charge is -2.20. The summed E-state index contributed by atoms with van der Waals surface area (Å²) >= 11 is 0. The average Bonchev–Trinajstić information content (AvgIpc) is 2.16. The number of para-hydroxylation sites is 1. The van der Waals surface area contributed by atoms with Gasteiger partial charge in [-0.3, -0.25) is 4.79 Å². The van der Waals surface area contributed by atoms with Gasteiger partial charge in [0.25, 0.3) is 0 Å². The highest BCUT2D eigenvalue weighted by atomic mass is 16.5. The van der Waals surface area contributed by atoms with Gasteiger partial charge in [-0.1, -0.05) is 12.1 Å². The number of rotatable bonds is 2. The number of anilines is 1. The number of amides is 1. The van der Waals surface area contributed by atoms with Gasteiger partial charge in [0.05, 0.1) is 12.8 Å². The Morgan fingerprint density at radius 2 is 2.07 bits per heavy atom. The van der Waals surface area contributed by atoms with E-state index in [0.29, 0.717) is 0 Å². The third-order valence-electron chi connectivity index (χ3n) is 2.23. The second-order valence-corrected chi connectivity index (χ2v) is 3.20. The van der Waals surface area contributed by atoms with Crippen LogP contribution >= 0.6 is 0 Å². The first-order valence-electron chi connectivity index (χ1n) is 4.45. The van der Waals surface area contributed by atoms with E-state index in [1.165, 1.54) is 6.92 Å². The van der Waals surface area contributed by atoms with Crippen molar-refractivity contribution in [2.75, 3.05) is 19.1 Å². The van der Waals surface area contributed by atoms with Crippen LogP contribution in [-0.2, 0) is 4.79 Å². The third-order valence-corrected chi connectivity index (χ3v) is 2.23. The van der Waals surface area contributed by atoms with Crippen LogP contribution < -0.4 is 9.64 Å². The summed E-state index contributed by atoms with van der Waals surface area (Å²) in [5, 5.41) is 0. The number of hydrogen-bond donors (Lipinski definition) is 0. The Kier molecular flexibility index (Phi) is 3.12. The predicted molar refractivity (Wildman–Crippen MR) is 56.8 cm³/mol. The molecule has 1 aromatic rings. The highest BCUT2D eigenvalue weighted by Crippen LogP contribution is 2.30. The zero-order chi connectivity index (χ0) is 10.7. The molecule has 3 heteroatoms. The quantitative estimate of drug-likeness (QED) is 0.718. The van der Waals surface area contributed by atoms with Crippen molar-refractivity contribution >= 4 is 11.6 Å². The number of carbonyl (C=O) groups is 1. The molecule has 0 aliphatic carbocycles. The minimum Gasteiger partial charge on any atom is -0.495 e. The van der Waals surface area contributed by atoms with E-state index in [9.17, 15) is 4.79 Å². The molecule has 1 rings (SSSR count). The standard InChI is InChI=1S/C11H15NO2/c1-8-6-5-7-10(14-4)11(8)12(3)9(2)13/h5-7H,1-4H3. The van der Waals surface area contributed by atoms with Gasteiger partial charge in [-0.2, -0.15) is 0 Å². The topological polar surface area (TPSA) is 29.5 Å². The fourth-order valence-corrected chi connectivity index (χ4v) is 1.38. The number of nitrogens with zero attached hydrogens (tertiary/aromatic N) is 1. The molecule has 0 bridgehead atoms. The summed E-state index contributed by atoms with van der Waals surface area (Å²) in [6, 6.07) is 5.71. The lowest BCUT2D eigenvalue weighted by Crippen LogP contribution is -2.24. The van der Waals surface area contributed by atoms with Crippen molar-refractivity contribution in [3.63, 3.8) is 0 Å². The van der Waals surface area contributed by atoms with Gasteiger partial charge in [0, 0.05) is 14.0 Å². The molecule has 0 radical (unpaired) electrons. The molecule has 0 N–H and O–H groups in total. The van der Waals surface area contributed by atoms with Crippen LogP contribution in [0.4, 0.5) is 5.69 Å². The molecule has 3 nitrogen and oxygen atoms in total. The molecule has 76 valence electrons. The molecule has 0 atom stereocenters. The number of hydrogen-bond acceptors (Lipinski definition) is 2. The van der Waals surface area contributed by atoms with Crippen molar-refractivity contribution in [1.82, 2.24) is 0 Å². The predicted octanol–water partition coefficient (Wildman–Crippen LogP) is 1.99. The summed E-state index contributed by atoms with van der Waals surface area (Å²) in [6.07, 6.45) is 0. The summed E-state index contributed by atoms with van der Waals surface area (Å²) < 4.78 is 5.20. The molecule has 0 unspecified atom stereocenters. The highest BCUT2D eigenvalue weighted by molar-refractivity contribution is 5.93. The van der Waals surface area contributed by atoms with Crippen molar-refractivity contribution in [3.05, 3.63) is 23.8 Å². The molecule has 0 fully saturated rings. The molecule has 1 amide bonds. The van der Waals surface area contributed by atoms with Gasteiger partial charge < -0.3 is 9.64 Å². The molecule has 0 spiro atoms. The van der Waals surface area contributed by atoms with E-state index in [-0.39, 0.29) is 5.91 Å². The van der Waals surface area contributed by atoms with E-state index in [1.807, 2.05) is 25.1 Å². The Morgan fingerprint density at radius 3 is 2.57 bits per heavy atom. The lowest BCUT2D eigenvalue weighted by molar-refractivity contribution is -0.116.